The van der Waals surface area contributed by atoms with Gasteiger partial charge in [0.15, 0.2) is 11.6 Å². The number of aromatic nitrogens is 3. The van der Waals surface area contributed by atoms with Gasteiger partial charge in [-0.05, 0) is 25.2 Å². The summed E-state index contributed by atoms with van der Waals surface area (Å²) in [6, 6.07) is 16.5. The standard InChI is InChI=1S/C18H16BrN5/c1-20-10-16-22-23-17-11-21-18(12-5-3-2-4-6-12)14-9-13(19)7-8-15(14)24(16)17/h2-9,20H,10-11H2,1H3. The highest BCUT2D eigenvalue weighted by Gasteiger charge is 2.22. The van der Waals surface area contributed by atoms with Crippen LogP contribution in [-0.2, 0) is 13.1 Å². The summed E-state index contributed by atoms with van der Waals surface area (Å²) in [6.45, 7) is 1.16. The van der Waals surface area contributed by atoms with Gasteiger partial charge >= 0.3 is 0 Å². The van der Waals surface area contributed by atoms with Gasteiger partial charge in [0, 0.05) is 15.6 Å². The molecule has 0 radical (unpaired) electrons. The fourth-order valence-electron chi connectivity index (χ4n) is 2.98. The lowest BCUT2D eigenvalue weighted by Crippen LogP contribution is -2.14. The highest BCUT2D eigenvalue weighted by molar-refractivity contribution is 9.10. The Labute approximate surface area is 148 Å². The lowest BCUT2D eigenvalue weighted by Gasteiger charge is -2.14. The Morgan fingerprint density at radius 2 is 1.96 bits per heavy atom. The Balaban J connectivity index is 1.96. The Morgan fingerprint density at radius 1 is 1.12 bits per heavy atom. The fraction of sp³-hybridized carbons (Fsp3) is 0.167. The van der Waals surface area contributed by atoms with Crippen LogP contribution < -0.4 is 5.32 Å². The van der Waals surface area contributed by atoms with Crippen molar-refractivity contribution in [2.75, 3.05) is 7.05 Å². The van der Waals surface area contributed by atoms with Crippen LogP contribution in [0.1, 0.15) is 22.8 Å². The molecule has 0 saturated carbocycles. The summed E-state index contributed by atoms with van der Waals surface area (Å²) in [5, 5.41) is 11.8. The van der Waals surface area contributed by atoms with Gasteiger partial charge in [-0.1, -0.05) is 46.3 Å². The van der Waals surface area contributed by atoms with Gasteiger partial charge in [-0.25, -0.2) is 0 Å². The van der Waals surface area contributed by atoms with Crippen molar-refractivity contribution in [2.24, 2.45) is 4.99 Å². The van der Waals surface area contributed by atoms with Crippen LogP contribution in [0.2, 0.25) is 0 Å². The molecule has 24 heavy (non-hydrogen) atoms. The van der Waals surface area contributed by atoms with Gasteiger partial charge < -0.3 is 5.32 Å². The van der Waals surface area contributed by atoms with Gasteiger partial charge in [0.2, 0.25) is 0 Å². The van der Waals surface area contributed by atoms with Crippen molar-refractivity contribution < 1.29 is 0 Å². The molecule has 5 nitrogen and oxygen atoms in total. The van der Waals surface area contributed by atoms with E-state index in [0.29, 0.717) is 13.1 Å². The summed E-state index contributed by atoms with van der Waals surface area (Å²) in [5.74, 6) is 1.75. The molecule has 0 bridgehead atoms. The highest BCUT2D eigenvalue weighted by atomic mass is 79.9. The van der Waals surface area contributed by atoms with Crippen LogP contribution in [0.3, 0.4) is 0 Å². The minimum atomic E-state index is 0.507. The van der Waals surface area contributed by atoms with Gasteiger partial charge in [0.05, 0.1) is 17.9 Å². The average molecular weight is 382 g/mol. The fourth-order valence-corrected chi connectivity index (χ4v) is 3.34. The number of hydrogen-bond acceptors (Lipinski definition) is 4. The quantitative estimate of drug-likeness (QED) is 0.758. The number of fused-ring (bicyclic) bond motifs is 3. The maximum atomic E-state index is 4.84. The Morgan fingerprint density at radius 3 is 2.75 bits per heavy atom. The molecule has 0 atom stereocenters. The largest absolute Gasteiger partial charge is 0.313 e. The molecular weight excluding hydrogens is 366 g/mol. The second-order valence-electron chi connectivity index (χ2n) is 5.59. The third-order valence-electron chi connectivity index (χ3n) is 4.01. The molecule has 0 spiro atoms. The van der Waals surface area contributed by atoms with Gasteiger partial charge in [0.25, 0.3) is 0 Å². The average Bonchev–Trinajstić information content (AvgIpc) is 2.92. The number of rotatable bonds is 3. The molecule has 1 aromatic heterocycles. The summed E-state index contributed by atoms with van der Waals surface area (Å²) >= 11 is 3.59. The highest BCUT2D eigenvalue weighted by Crippen LogP contribution is 2.28. The monoisotopic (exact) mass is 381 g/mol. The van der Waals surface area contributed by atoms with E-state index in [1.807, 2.05) is 31.3 Å². The zero-order valence-corrected chi connectivity index (χ0v) is 14.8. The predicted molar refractivity (Wildman–Crippen MR) is 97.6 cm³/mol. The first kappa shape index (κ1) is 15.2. The van der Waals surface area contributed by atoms with Gasteiger partial charge in [-0.2, -0.15) is 0 Å². The normalized spacial score (nSPS) is 13.0. The molecule has 1 aliphatic heterocycles. The zero-order valence-electron chi connectivity index (χ0n) is 13.2. The van der Waals surface area contributed by atoms with E-state index >= 15 is 0 Å². The molecule has 0 aliphatic carbocycles. The van der Waals surface area contributed by atoms with E-state index in [1.54, 1.807) is 0 Å². The van der Waals surface area contributed by atoms with Crippen LogP contribution in [-0.4, -0.2) is 27.5 Å². The molecular formula is C18H16BrN5. The summed E-state index contributed by atoms with van der Waals surface area (Å²) in [5.41, 5.74) is 4.22. The van der Waals surface area contributed by atoms with Crippen molar-refractivity contribution in [2.45, 2.75) is 13.1 Å². The van der Waals surface area contributed by atoms with Crippen molar-refractivity contribution in [1.29, 1.82) is 0 Å². The summed E-state index contributed by atoms with van der Waals surface area (Å²) in [7, 11) is 1.91. The minimum absolute atomic E-state index is 0.507. The molecule has 0 saturated heterocycles. The van der Waals surface area contributed by atoms with E-state index in [-0.39, 0.29) is 0 Å². The van der Waals surface area contributed by atoms with Crippen molar-refractivity contribution in [1.82, 2.24) is 20.1 Å². The van der Waals surface area contributed by atoms with E-state index in [9.17, 15) is 0 Å². The van der Waals surface area contributed by atoms with Crippen LogP contribution >= 0.6 is 15.9 Å². The molecule has 4 rings (SSSR count). The smallest absolute Gasteiger partial charge is 0.159 e. The van der Waals surface area contributed by atoms with Crippen molar-refractivity contribution >= 4 is 21.6 Å². The van der Waals surface area contributed by atoms with Crippen LogP contribution in [0.25, 0.3) is 5.69 Å². The second kappa shape index (κ2) is 6.30. The number of hydrogen-bond donors (Lipinski definition) is 1. The number of halogens is 1. The molecule has 120 valence electrons. The predicted octanol–water partition coefficient (Wildman–Crippen LogP) is 3.10. The second-order valence-corrected chi connectivity index (χ2v) is 6.51. The van der Waals surface area contributed by atoms with Crippen molar-refractivity contribution in [3.8, 4) is 5.69 Å². The maximum Gasteiger partial charge on any atom is 0.159 e. The van der Waals surface area contributed by atoms with E-state index in [2.05, 4.69) is 60.3 Å². The van der Waals surface area contributed by atoms with Crippen LogP contribution in [0.4, 0.5) is 0 Å². The van der Waals surface area contributed by atoms with E-state index in [0.717, 1.165) is 38.6 Å². The van der Waals surface area contributed by atoms with Gasteiger partial charge in [-0.15, -0.1) is 10.2 Å². The van der Waals surface area contributed by atoms with E-state index in [4.69, 9.17) is 4.99 Å². The number of nitrogens with one attached hydrogen (secondary N) is 1. The van der Waals surface area contributed by atoms with Crippen LogP contribution in [0.5, 0.6) is 0 Å². The molecule has 3 aromatic rings. The summed E-state index contributed by atoms with van der Waals surface area (Å²) in [6.07, 6.45) is 0. The number of nitrogens with zero attached hydrogens (tertiary/aromatic N) is 4. The van der Waals surface area contributed by atoms with Gasteiger partial charge in [-0.3, -0.25) is 9.56 Å². The number of aliphatic imine (C=N–C) groups is 1. The van der Waals surface area contributed by atoms with Crippen LogP contribution in [0, 0.1) is 0 Å². The maximum absolute atomic E-state index is 4.84. The molecule has 0 unspecified atom stereocenters. The van der Waals surface area contributed by atoms with Gasteiger partial charge in [0.1, 0.15) is 6.54 Å². The lowest BCUT2D eigenvalue weighted by atomic mass is 10.0. The first-order valence-electron chi connectivity index (χ1n) is 7.76. The summed E-state index contributed by atoms with van der Waals surface area (Å²) in [4.78, 5) is 4.84. The van der Waals surface area contributed by atoms with Crippen molar-refractivity contribution in [3.05, 3.63) is 75.8 Å². The molecule has 1 aliphatic rings. The molecule has 1 N–H and O–H groups in total. The third-order valence-corrected chi connectivity index (χ3v) is 4.51. The molecule has 0 fully saturated rings. The molecule has 6 heteroatoms. The SMILES string of the molecule is CNCc1nnc2n1-c1ccc(Br)cc1C(c1ccccc1)=NC2. The molecule has 0 amide bonds. The Hall–Kier alpha value is -2.31. The Kier molecular flexibility index (Phi) is 4.00. The third kappa shape index (κ3) is 2.57. The first-order valence-corrected chi connectivity index (χ1v) is 8.55. The first-order chi connectivity index (χ1) is 11.8. The number of benzene rings is 2. The van der Waals surface area contributed by atoms with E-state index in [1.165, 1.54) is 0 Å². The lowest BCUT2D eigenvalue weighted by molar-refractivity contribution is 0.731. The zero-order chi connectivity index (χ0) is 16.5. The summed E-state index contributed by atoms with van der Waals surface area (Å²) < 4.78 is 3.13. The van der Waals surface area contributed by atoms with E-state index < -0.39 is 0 Å². The topological polar surface area (TPSA) is 55.1 Å². The molecule has 2 aromatic carbocycles. The Bertz CT molecular complexity index is 914. The van der Waals surface area contributed by atoms with Crippen molar-refractivity contribution in [3.63, 3.8) is 0 Å². The minimum Gasteiger partial charge on any atom is -0.313 e. The van der Waals surface area contributed by atoms with Crippen LogP contribution in [0.15, 0.2) is 58.0 Å². The molecule has 2 heterocycles.